The summed E-state index contributed by atoms with van der Waals surface area (Å²) >= 11 is 0. The van der Waals surface area contributed by atoms with Gasteiger partial charge in [0.25, 0.3) is 0 Å². The van der Waals surface area contributed by atoms with Crippen molar-refractivity contribution < 1.29 is 0 Å². The summed E-state index contributed by atoms with van der Waals surface area (Å²) in [5, 5.41) is 0.417. The lowest BCUT2D eigenvalue weighted by molar-refractivity contribution is 0.626. The lowest BCUT2D eigenvalue weighted by Crippen LogP contribution is -1.97. The molecule has 0 heterocycles. The standard InChI is InChI=1S/C5H12.C4H11P/c1-4-5(2)3;1-4(2,3)5/h5H,4H2,1-3H3;5H2,1-3H3. The third-order valence-electron chi connectivity index (χ3n) is 0.816. The minimum Gasteiger partial charge on any atom is -0.132 e. The number of hydrogen-bond donors (Lipinski definition) is 0. The van der Waals surface area contributed by atoms with E-state index in [1.807, 2.05) is 0 Å². The Balaban J connectivity index is 0. The highest BCUT2D eigenvalue weighted by Gasteiger charge is 1.95. The molecule has 64 valence electrons. The summed E-state index contributed by atoms with van der Waals surface area (Å²) in [7, 11) is 2.72. The molecule has 0 radical (unpaired) electrons. The van der Waals surface area contributed by atoms with Gasteiger partial charge in [0.05, 0.1) is 0 Å². The summed E-state index contributed by atoms with van der Waals surface area (Å²) in [5.41, 5.74) is 0. The molecule has 0 saturated heterocycles. The molecule has 0 aliphatic rings. The molecular weight excluding hydrogens is 139 g/mol. The van der Waals surface area contributed by atoms with Gasteiger partial charge in [0.2, 0.25) is 0 Å². The van der Waals surface area contributed by atoms with E-state index in [4.69, 9.17) is 0 Å². The zero-order chi connectivity index (χ0) is 8.78. The molecule has 0 spiro atoms. The van der Waals surface area contributed by atoms with Crippen molar-refractivity contribution >= 4 is 9.24 Å². The molecule has 0 N–H and O–H groups in total. The van der Waals surface area contributed by atoms with Crippen molar-refractivity contribution in [3.8, 4) is 0 Å². The van der Waals surface area contributed by atoms with Gasteiger partial charge in [0.15, 0.2) is 0 Å². The van der Waals surface area contributed by atoms with Crippen LogP contribution in [0.4, 0.5) is 0 Å². The molecule has 0 aliphatic carbocycles. The monoisotopic (exact) mass is 162 g/mol. The molecule has 0 aromatic carbocycles. The molecule has 1 heteroatoms. The van der Waals surface area contributed by atoms with Crippen molar-refractivity contribution in [2.45, 2.75) is 53.1 Å². The lowest BCUT2D eigenvalue weighted by Gasteiger charge is -2.05. The second kappa shape index (κ2) is 6.16. The molecule has 0 aromatic rings. The van der Waals surface area contributed by atoms with E-state index < -0.39 is 0 Å². The Morgan fingerprint density at radius 1 is 1.20 bits per heavy atom. The average molecular weight is 162 g/mol. The van der Waals surface area contributed by atoms with E-state index in [0.717, 1.165) is 5.92 Å². The quantitative estimate of drug-likeness (QED) is 0.515. The Kier molecular flexibility index (Phi) is 8.04. The third kappa shape index (κ3) is 78.8. The number of rotatable bonds is 1. The first-order valence-electron chi connectivity index (χ1n) is 4.06. The van der Waals surface area contributed by atoms with Crippen LogP contribution in [0.15, 0.2) is 0 Å². The van der Waals surface area contributed by atoms with Crippen molar-refractivity contribution in [2.24, 2.45) is 5.92 Å². The van der Waals surface area contributed by atoms with Crippen molar-refractivity contribution in [3.63, 3.8) is 0 Å². The van der Waals surface area contributed by atoms with Crippen LogP contribution in [0.5, 0.6) is 0 Å². The van der Waals surface area contributed by atoms with Gasteiger partial charge >= 0.3 is 0 Å². The van der Waals surface area contributed by atoms with E-state index in [-0.39, 0.29) is 0 Å². The second-order valence-corrected chi connectivity index (χ2v) is 5.90. The Bertz CT molecular complexity index is 53.6. The minimum atomic E-state index is 0.417. The zero-order valence-corrected chi connectivity index (χ0v) is 9.52. The summed E-state index contributed by atoms with van der Waals surface area (Å²) in [6.07, 6.45) is 1.31. The first-order valence-corrected chi connectivity index (χ1v) is 4.64. The Hall–Kier alpha value is 0.430. The van der Waals surface area contributed by atoms with E-state index in [0.29, 0.717) is 5.16 Å². The van der Waals surface area contributed by atoms with Crippen LogP contribution in [0.1, 0.15) is 48.0 Å². The van der Waals surface area contributed by atoms with Crippen LogP contribution in [0.2, 0.25) is 0 Å². The van der Waals surface area contributed by atoms with E-state index >= 15 is 0 Å². The van der Waals surface area contributed by atoms with Gasteiger partial charge in [0.1, 0.15) is 0 Å². The second-order valence-electron chi connectivity index (χ2n) is 4.17. The highest BCUT2D eigenvalue weighted by molar-refractivity contribution is 7.18. The maximum Gasteiger partial charge on any atom is -0.0235 e. The van der Waals surface area contributed by atoms with Gasteiger partial charge in [-0.25, -0.2) is 0 Å². The molecular formula is C9H23P. The van der Waals surface area contributed by atoms with E-state index in [1.165, 1.54) is 6.42 Å². The molecule has 1 atom stereocenters. The predicted molar refractivity (Wildman–Crippen MR) is 54.6 cm³/mol. The van der Waals surface area contributed by atoms with Gasteiger partial charge in [-0.05, 0) is 11.1 Å². The lowest BCUT2D eigenvalue weighted by atomic mass is 10.2. The van der Waals surface area contributed by atoms with Crippen LogP contribution in [0, 0.1) is 5.92 Å². The summed E-state index contributed by atoms with van der Waals surface area (Å²) < 4.78 is 0. The topological polar surface area (TPSA) is 0 Å². The van der Waals surface area contributed by atoms with Crippen LogP contribution >= 0.6 is 9.24 Å². The van der Waals surface area contributed by atoms with E-state index in [9.17, 15) is 0 Å². The highest BCUT2D eigenvalue weighted by Crippen LogP contribution is 2.12. The summed E-state index contributed by atoms with van der Waals surface area (Å²) in [6, 6.07) is 0. The largest absolute Gasteiger partial charge is 0.132 e. The predicted octanol–water partition coefficient (Wildman–Crippen LogP) is 3.71. The normalized spacial score (nSPS) is 10.8. The van der Waals surface area contributed by atoms with E-state index in [1.54, 1.807) is 0 Å². The van der Waals surface area contributed by atoms with Crippen molar-refractivity contribution in [1.82, 2.24) is 0 Å². The maximum atomic E-state index is 2.72. The molecule has 0 rings (SSSR count). The Labute approximate surface area is 69.0 Å². The van der Waals surface area contributed by atoms with E-state index in [2.05, 4.69) is 50.8 Å². The molecule has 0 amide bonds. The summed E-state index contributed by atoms with van der Waals surface area (Å²) in [6.45, 7) is 13.1. The Morgan fingerprint density at radius 3 is 1.30 bits per heavy atom. The molecule has 0 aliphatic heterocycles. The summed E-state index contributed by atoms with van der Waals surface area (Å²) in [5.74, 6) is 0.884. The fraction of sp³-hybridized carbons (Fsp3) is 1.00. The molecule has 0 nitrogen and oxygen atoms in total. The molecule has 1 unspecified atom stereocenters. The maximum absolute atomic E-state index is 2.72. The van der Waals surface area contributed by atoms with Crippen molar-refractivity contribution in [3.05, 3.63) is 0 Å². The molecule has 0 bridgehead atoms. The molecule has 0 aromatic heterocycles. The van der Waals surface area contributed by atoms with Crippen LogP contribution in [0.25, 0.3) is 0 Å². The molecule has 0 saturated carbocycles. The van der Waals surface area contributed by atoms with Crippen LogP contribution in [0.3, 0.4) is 0 Å². The van der Waals surface area contributed by atoms with Crippen molar-refractivity contribution in [2.75, 3.05) is 0 Å². The highest BCUT2D eigenvalue weighted by atomic mass is 31.0. The zero-order valence-electron chi connectivity index (χ0n) is 8.36. The van der Waals surface area contributed by atoms with Gasteiger partial charge in [-0.15, -0.1) is 9.24 Å². The summed E-state index contributed by atoms with van der Waals surface area (Å²) in [4.78, 5) is 0. The van der Waals surface area contributed by atoms with Gasteiger partial charge in [-0.2, -0.15) is 0 Å². The smallest absolute Gasteiger partial charge is 0.0235 e. The fourth-order valence-corrected chi connectivity index (χ4v) is 0. The van der Waals surface area contributed by atoms with Gasteiger partial charge in [0, 0.05) is 0 Å². The van der Waals surface area contributed by atoms with Crippen LogP contribution in [-0.4, -0.2) is 5.16 Å². The van der Waals surface area contributed by atoms with Crippen molar-refractivity contribution in [1.29, 1.82) is 0 Å². The average Bonchev–Trinajstić information content (AvgIpc) is 1.61. The first-order chi connectivity index (χ1) is 4.27. The number of hydrogen-bond acceptors (Lipinski definition) is 0. The molecule has 0 fully saturated rings. The van der Waals surface area contributed by atoms with Gasteiger partial charge < -0.3 is 0 Å². The minimum absolute atomic E-state index is 0.417. The van der Waals surface area contributed by atoms with Crippen LogP contribution in [-0.2, 0) is 0 Å². The SMILES string of the molecule is CC(C)(C)P.CCC(C)C. The third-order valence-corrected chi connectivity index (χ3v) is 0.816. The van der Waals surface area contributed by atoms with Crippen LogP contribution < -0.4 is 0 Å². The fourth-order valence-electron chi connectivity index (χ4n) is 0. The first kappa shape index (κ1) is 13.1. The van der Waals surface area contributed by atoms with Gasteiger partial charge in [-0.1, -0.05) is 48.0 Å². The Morgan fingerprint density at radius 2 is 1.30 bits per heavy atom. The molecule has 10 heavy (non-hydrogen) atoms. The van der Waals surface area contributed by atoms with Gasteiger partial charge in [-0.3, -0.25) is 0 Å².